The fraction of sp³-hybridized carbons (Fsp3) is 0.400. The molecule has 2 aromatic carbocycles. The predicted molar refractivity (Wildman–Crippen MR) is 128 cm³/mol. The molecule has 2 aromatic rings. The molecule has 0 unspecified atom stereocenters. The number of rotatable bonds is 6. The van der Waals surface area contributed by atoms with Crippen molar-refractivity contribution in [3.05, 3.63) is 54.6 Å². The molecule has 0 spiro atoms. The zero-order valence-corrected chi connectivity index (χ0v) is 18.7. The Bertz CT molecular complexity index is 763. The van der Waals surface area contributed by atoms with E-state index in [9.17, 15) is 9.11 Å². The lowest BCUT2D eigenvalue weighted by Gasteiger charge is -2.43. The highest BCUT2D eigenvalue weighted by atomic mass is 35.5. The third-order valence-electron chi connectivity index (χ3n) is 5.21. The van der Waals surface area contributed by atoms with Crippen LogP contribution in [0.25, 0.3) is 0 Å². The Hall–Kier alpha value is -1.19. The van der Waals surface area contributed by atoms with Crippen molar-refractivity contribution in [2.75, 3.05) is 34.8 Å². The first-order valence-corrected chi connectivity index (χ1v) is 11.1. The van der Waals surface area contributed by atoms with Crippen molar-refractivity contribution in [2.45, 2.75) is 25.3 Å². The average Bonchev–Trinajstić information content (AvgIpc) is 2.93. The Morgan fingerprint density at radius 1 is 0.931 bits per heavy atom. The molecule has 0 bridgehead atoms. The molecule has 9 heteroatoms. The normalized spacial score (nSPS) is 19.1. The number of halogens is 2. The highest BCUT2D eigenvalue weighted by Gasteiger charge is 2.41. The summed E-state index contributed by atoms with van der Waals surface area (Å²) in [5, 5.41) is 6.98. The van der Waals surface area contributed by atoms with Crippen LogP contribution in [0.4, 0.5) is 17.1 Å². The van der Waals surface area contributed by atoms with Gasteiger partial charge < -0.3 is 10.6 Å². The summed E-state index contributed by atoms with van der Waals surface area (Å²) in [6.45, 7) is 3.62. The van der Waals surface area contributed by atoms with Crippen molar-refractivity contribution in [1.82, 2.24) is 10.6 Å². The summed E-state index contributed by atoms with van der Waals surface area (Å²) in [4.78, 5) is 0. The predicted octanol–water partition coefficient (Wildman–Crippen LogP) is 4.80. The van der Waals surface area contributed by atoms with Gasteiger partial charge in [0.2, 0.25) is 0 Å². The van der Waals surface area contributed by atoms with E-state index < -0.39 is 11.0 Å². The van der Waals surface area contributed by atoms with Crippen LogP contribution in [-0.2, 0) is 0 Å². The third-order valence-corrected chi connectivity index (χ3v) is 7.08. The number of fused-ring (bicyclic) bond motifs is 1. The van der Waals surface area contributed by atoms with E-state index in [0.29, 0.717) is 12.6 Å². The Labute approximate surface area is 187 Å². The maximum atomic E-state index is 11.1. The first-order valence-electron chi connectivity index (χ1n) is 9.62. The van der Waals surface area contributed by atoms with Gasteiger partial charge in [-0.25, -0.2) is 4.31 Å². The van der Waals surface area contributed by atoms with Crippen LogP contribution in [0.2, 0.25) is 0 Å². The van der Waals surface area contributed by atoms with Crippen molar-refractivity contribution < 1.29 is 9.11 Å². The van der Waals surface area contributed by atoms with Gasteiger partial charge >= 0.3 is 0 Å². The first kappa shape index (κ1) is 24.1. The molecular formula is C20H30Cl2N4O2S. The van der Waals surface area contributed by atoms with Crippen molar-refractivity contribution in [3.8, 4) is 0 Å². The van der Waals surface area contributed by atoms with E-state index in [0.717, 1.165) is 56.0 Å². The van der Waals surface area contributed by atoms with Gasteiger partial charge in [0.05, 0.1) is 17.1 Å². The van der Waals surface area contributed by atoms with Crippen LogP contribution in [-0.4, -0.2) is 41.3 Å². The minimum atomic E-state index is -3.12. The highest BCUT2D eigenvalue weighted by molar-refractivity contribution is 8.27. The second-order valence-electron chi connectivity index (χ2n) is 7.04. The fourth-order valence-corrected chi connectivity index (χ4v) is 5.66. The van der Waals surface area contributed by atoms with Crippen LogP contribution in [0.5, 0.6) is 0 Å². The zero-order chi connectivity index (χ0) is 18.7. The minimum Gasteiger partial charge on any atom is -0.317 e. The van der Waals surface area contributed by atoms with Crippen LogP contribution in [0, 0.1) is 0 Å². The van der Waals surface area contributed by atoms with E-state index in [1.165, 1.54) is 0 Å². The van der Waals surface area contributed by atoms with Crippen LogP contribution in [0.3, 0.4) is 0 Å². The second-order valence-corrected chi connectivity index (χ2v) is 8.83. The van der Waals surface area contributed by atoms with Gasteiger partial charge in [-0.05, 0) is 74.1 Å². The number of piperidine rings is 1. The average molecular weight is 461 g/mol. The van der Waals surface area contributed by atoms with Gasteiger partial charge in [0.15, 0.2) is 0 Å². The molecule has 4 rings (SSSR count). The van der Waals surface area contributed by atoms with E-state index >= 15 is 0 Å². The number of para-hydroxylation sites is 3. The van der Waals surface area contributed by atoms with Crippen LogP contribution in [0.15, 0.2) is 54.6 Å². The molecule has 0 amide bonds. The number of nitrogens with one attached hydrogen (secondary N) is 2. The van der Waals surface area contributed by atoms with Crippen LogP contribution in [0.1, 0.15) is 19.3 Å². The van der Waals surface area contributed by atoms with Crippen molar-refractivity contribution >= 4 is 52.8 Å². The summed E-state index contributed by atoms with van der Waals surface area (Å²) in [6.07, 6.45) is 3.17. The smallest absolute Gasteiger partial charge is 0.0896 e. The molecular weight excluding hydrogens is 431 g/mol. The molecule has 162 valence electrons. The third kappa shape index (κ3) is 5.11. The van der Waals surface area contributed by atoms with E-state index in [-0.39, 0.29) is 24.8 Å². The maximum absolute atomic E-state index is 11.1. The second kappa shape index (κ2) is 10.7. The minimum absolute atomic E-state index is 0. The van der Waals surface area contributed by atoms with E-state index in [1.807, 2.05) is 54.6 Å². The molecule has 2 aliphatic heterocycles. The Morgan fingerprint density at radius 2 is 1.55 bits per heavy atom. The molecule has 6 nitrogen and oxygen atoms in total. The lowest BCUT2D eigenvalue weighted by Crippen LogP contribution is -2.41. The zero-order valence-electron chi connectivity index (χ0n) is 16.2. The summed E-state index contributed by atoms with van der Waals surface area (Å²) >= 11 is 0. The van der Waals surface area contributed by atoms with Crippen LogP contribution < -0.4 is 19.2 Å². The van der Waals surface area contributed by atoms with Crippen molar-refractivity contribution in [1.29, 1.82) is 0 Å². The first-order chi connectivity index (χ1) is 13.2. The van der Waals surface area contributed by atoms with Gasteiger partial charge in [0.25, 0.3) is 0 Å². The summed E-state index contributed by atoms with van der Waals surface area (Å²) in [5.74, 6) is 0. The summed E-state index contributed by atoms with van der Waals surface area (Å²) < 4.78 is 25.6. The van der Waals surface area contributed by atoms with E-state index in [4.69, 9.17) is 0 Å². The van der Waals surface area contributed by atoms with Gasteiger partial charge in [0, 0.05) is 12.6 Å². The molecule has 0 atom stereocenters. The summed E-state index contributed by atoms with van der Waals surface area (Å²) in [5.41, 5.74) is 2.51. The van der Waals surface area contributed by atoms with Gasteiger partial charge in [0.1, 0.15) is 0 Å². The van der Waals surface area contributed by atoms with Gasteiger partial charge in [-0.1, -0.05) is 30.3 Å². The lowest BCUT2D eigenvalue weighted by molar-refractivity contribution is 0.386. The Morgan fingerprint density at radius 3 is 2.24 bits per heavy atom. The van der Waals surface area contributed by atoms with E-state index in [2.05, 4.69) is 10.6 Å². The fourth-order valence-electron chi connectivity index (χ4n) is 3.85. The molecule has 0 aromatic heterocycles. The number of nitrogens with zero attached hydrogens (tertiary/aromatic N) is 2. The quantitative estimate of drug-likeness (QED) is 0.464. The molecule has 2 aliphatic rings. The standard InChI is InChI=1S/C20H28N4O2S.2ClH/c25-27(26)23(16-6-13-22-17-11-14-21-15-12-17)19-9-4-5-10-20(19)24(27)18-7-2-1-3-8-18;;/h1-5,7-10,17,21-22,25-26H,6,11-16H2;2*1H. The SMILES string of the molecule is Cl.Cl.OS1(O)N(CCCNC2CCNCC2)c2ccccc2N1c1ccccc1. The Kier molecular flexibility index (Phi) is 8.91. The molecule has 2 heterocycles. The van der Waals surface area contributed by atoms with E-state index in [1.54, 1.807) is 8.61 Å². The number of hydrogen-bond donors (Lipinski definition) is 4. The monoisotopic (exact) mass is 460 g/mol. The van der Waals surface area contributed by atoms with Crippen molar-refractivity contribution in [2.24, 2.45) is 0 Å². The molecule has 1 saturated heterocycles. The highest BCUT2D eigenvalue weighted by Crippen LogP contribution is 2.63. The largest absolute Gasteiger partial charge is 0.317 e. The molecule has 0 aliphatic carbocycles. The summed E-state index contributed by atoms with van der Waals surface area (Å²) in [7, 11) is -3.12. The molecule has 0 radical (unpaired) electrons. The maximum Gasteiger partial charge on any atom is 0.0896 e. The van der Waals surface area contributed by atoms with Gasteiger partial charge in [-0.15, -0.1) is 24.8 Å². The topological polar surface area (TPSA) is 71.0 Å². The number of benzene rings is 2. The van der Waals surface area contributed by atoms with Gasteiger partial charge in [-0.2, -0.15) is 0 Å². The van der Waals surface area contributed by atoms with Crippen molar-refractivity contribution in [3.63, 3.8) is 0 Å². The van der Waals surface area contributed by atoms with Crippen LogP contribution >= 0.6 is 35.8 Å². The number of anilines is 3. The summed E-state index contributed by atoms with van der Waals surface area (Å²) in [6, 6.07) is 17.9. The molecule has 4 N–H and O–H groups in total. The number of hydrogen-bond acceptors (Lipinski definition) is 6. The lowest BCUT2D eigenvalue weighted by atomic mass is 10.1. The Balaban J connectivity index is 0.00000150. The molecule has 0 saturated carbocycles. The molecule has 29 heavy (non-hydrogen) atoms. The molecule has 1 fully saturated rings. The van der Waals surface area contributed by atoms with Gasteiger partial charge in [-0.3, -0.25) is 13.4 Å².